The lowest BCUT2D eigenvalue weighted by molar-refractivity contribution is -0.150. The van der Waals surface area contributed by atoms with Crippen molar-refractivity contribution in [2.75, 3.05) is 13.2 Å². The Labute approximate surface area is 236 Å². The quantitative estimate of drug-likeness (QED) is 0.137. The summed E-state index contributed by atoms with van der Waals surface area (Å²) in [4.78, 5) is 36.4. The highest BCUT2D eigenvalue weighted by Crippen LogP contribution is 2.48. The van der Waals surface area contributed by atoms with E-state index in [9.17, 15) is 14.4 Å². The Morgan fingerprint density at radius 2 is 1.55 bits per heavy atom. The van der Waals surface area contributed by atoms with E-state index in [1.807, 2.05) is 30.3 Å². The van der Waals surface area contributed by atoms with Gasteiger partial charge in [0, 0.05) is 18.0 Å². The number of amides is 1. The van der Waals surface area contributed by atoms with Crippen LogP contribution in [-0.2, 0) is 19.1 Å². The lowest BCUT2D eigenvalue weighted by Gasteiger charge is -2.46. The molecule has 1 amide bonds. The smallest absolute Gasteiger partial charge is 0.412 e. The topological polar surface area (TPSA) is 116 Å². The highest BCUT2D eigenvalue weighted by Gasteiger charge is 2.42. The number of hydrogen-bond donors (Lipinski definition) is 1. The Morgan fingerprint density at radius 3 is 2.20 bits per heavy atom. The fraction of sp³-hybridized carbons (Fsp3) is 0.452. The Kier molecular flexibility index (Phi) is 10.6. The molecule has 2 aromatic carbocycles. The van der Waals surface area contributed by atoms with Gasteiger partial charge in [0.05, 0.1) is 11.4 Å². The summed E-state index contributed by atoms with van der Waals surface area (Å²) < 4.78 is 15.7. The first-order valence-corrected chi connectivity index (χ1v) is 13.5. The van der Waals surface area contributed by atoms with Gasteiger partial charge in [0.25, 0.3) is 0 Å². The molecule has 0 spiro atoms. The van der Waals surface area contributed by atoms with Gasteiger partial charge in [-0.2, -0.15) is 10.2 Å². The van der Waals surface area contributed by atoms with E-state index in [1.165, 1.54) is 0 Å². The van der Waals surface area contributed by atoms with Gasteiger partial charge in [-0.1, -0.05) is 45.5 Å². The minimum atomic E-state index is -0.521. The number of esters is 2. The normalized spacial score (nSPS) is 19.9. The van der Waals surface area contributed by atoms with Crippen LogP contribution in [0.15, 0.2) is 77.0 Å². The van der Waals surface area contributed by atoms with Gasteiger partial charge in [0.2, 0.25) is 0 Å². The first-order chi connectivity index (χ1) is 18.9. The summed E-state index contributed by atoms with van der Waals surface area (Å²) in [5, 5.41) is 11.4. The van der Waals surface area contributed by atoms with E-state index in [4.69, 9.17) is 14.2 Å². The molecule has 0 bridgehead atoms. The molecule has 0 radical (unpaired) electrons. The number of nitrogens with zero attached hydrogens (tertiary/aromatic N) is 2. The minimum absolute atomic E-state index is 0.00362. The van der Waals surface area contributed by atoms with Crippen molar-refractivity contribution in [3.05, 3.63) is 66.7 Å². The third-order valence-corrected chi connectivity index (χ3v) is 6.71. The summed E-state index contributed by atoms with van der Waals surface area (Å²) in [6.07, 6.45) is 2.77. The molecule has 9 nitrogen and oxygen atoms in total. The molecule has 3 rings (SSSR count). The van der Waals surface area contributed by atoms with E-state index in [1.54, 1.807) is 31.2 Å². The van der Waals surface area contributed by atoms with Crippen molar-refractivity contribution in [1.29, 1.82) is 0 Å². The van der Waals surface area contributed by atoms with Gasteiger partial charge in [0.1, 0.15) is 19.0 Å². The first kappa shape index (κ1) is 30.5. The van der Waals surface area contributed by atoms with Crippen molar-refractivity contribution in [2.45, 2.75) is 65.8 Å². The minimum Gasteiger partial charge on any atom is -0.462 e. The van der Waals surface area contributed by atoms with Crippen LogP contribution >= 0.6 is 0 Å². The summed E-state index contributed by atoms with van der Waals surface area (Å²) >= 11 is 0. The number of nitrogens with one attached hydrogen (secondary N) is 1. The maximum absolute atomic E-state index is 12.7. The Hall–Kier alpha value is -4.01. The van der Waals surface area contributed by atoms with Gasteiger partial charge in [-0.25, -0.2) is 9.59 Å². The molecular formula is C31H39N3O6. The van der Waals surface area contributed by atoms with Crippen molar-refractivity contribution < 1.29 is 28.6 Å². The van der Waals surface area contributed by atoms with E-state index < -0.39 is 12.1 Å². The van der Waals surface area contributed by atoms with Gasteiger partial charge in [-0.05, 0) is 79.8 Å². The second-order valence-corrected chi connectivity index (χ2v) is 11.5. The van der Waals surface area contributed by atoms with Gasteiger partial charge in [0.15, 0.2) is 0 Å². The molecule has 1 aliphatic carbocycles. The number of rotatable bonds is 11. The first-order valence-electron chi connectivity index (χ1n) is 13.5. The predicted octanol–water partition coefficient (Wildman–Crippen LogP) is 7.22. The molecule has 1 aliphatic rings. The van der Waals surface area contributed by atoms with Gasteiger partial charge in [-0.3, -0.25) is 4.79 Å². The molecule has 40 heavy (non-hydrogen) atoms. The summed E-state index contributed by atoms with van der Waals surface area (Å²) in [5.74, 6) is -0.440. The molecular weight excluding hydrogens is 510 g/mol. The maximum atomic E-state index is 12.7. The summed E-state index contributed by atoms with van der Waals surface area (Å²) in [5.41, 5.74) is 1.50. The SMILES string of the molecule is C=C(C)C(=O)OCCOC(=O)CCC1(C)CC(NC(=O)Oc2ccc(N=Nc3ccccc3)cc2)CC(C)(C)C1. The van der Waals surface area contributed by atoms with Crippen molar-refractivity contribution in [3.8, 4) is 5.75 Å². The van der Waals surface area contributed by atoms with E-state index >= 15 is 0 Å². The van der Waals surface area contributed by atoms with Crippen molar-refractivity contribution in [3.63, 3.8) is 0 Å². The van der Waals surface area contributed by atoms with E-state index in [2.05, 4.69) is 42.9 Å². The van der Waals surface area contributed by atoms with Crippen molar-refractivity contribution in [1.82, 2.24) is 5.32 Å². The summed E-state index contributed by atoms with van der Waals surface area (Å²) in [6, 6.07) is 16.2. The summed E-state index contributed by atoms with van der Waals surface area (Å²) in [6.45, 7) is 11.5. The molecule has 1 N–H and O–H groups in total. The Morgan fingerprint density at radius 1 is 0.925 bits per heavy atom. The predicted molar refractivity (Wildman–Crippen MR) is 152 cm³/mol. The lowest BCUT2D eigenvalue weighted by Crippen LogP contribution is -2.47. The monoisotopic (exact) mass is 549 g/mol. The fourth-order valence-electron chi connectivity index (χ4n) is 5.31. The third-order valence-electron chi connectivity index (χ3n) is 6.71. The molecule has 1 fully saturated rings. The molecule has 2 atom stereocenters. The van der Waals surface area contributed by atoms with Crippen LogP contribution in [0.5, 0.6) is 5.75 Å². The molecule has 0 aliphatic heterocycles. The number of benzene rings is 2. The number of carbonyl (C=O) groups is 3. The van der Waals surface area contributed by atoms with Crippen LogP contribution in [0.2, 0.25) is 0 Å². The third kappa shape index (κ3) is 10.3. The van der Waals surface area contributed by atoms with E-state index in [-0.39, 0.29) is 42.5 Å². The highest BCUT2D eigenvalue weighted by molar-refractivity contribution is 5.86. The molecule has 9 heteroatoms. The zero-order chi connectivity index (χ0) is 29.2. The van der Waals surface area contributed by atoms with Crippen LogP contribution in [0.25, 0.3) is 0 Å². The lowest BCUT2D eigenvalue weighted by atomic mass is 9.61. The average molecular weight is 550 g/mol. The van der Waals surface area contributed by atoms with Gasteiger partial charge in [-0.15, -0.1) is 0 Å². The maximum Gasteiger partial charge on any atom is 0.412 e. The van der Waals surface area contributed by atoms with Crippen LogP contribution in [0.1, 0.15) is 59.8 Å². The van der Waals surface area contributed by atoms with Crippen LogP contribution in [0.4, 0.5) is 16.2 Å². The molecule has 0 heterocycles. The standard InChI is InChI=1S/C31H39N3O6/c1-22(2)28(36)39-18-17-38-27(35)15-16-31(5)20-25(19-30(3,4)21-31)32-29(37)40-26-13-11-24(12-14-26)34-33-23-9-7-6-8-10-23/h6-14,25H,1,15-21H2,2-5H3,(H,32,37). The van der Waals surface area contributed by atoms with Crippen LogP contribution in [0.3, 0.4) is 0 Å². The largest absolute Gasteiger partial charge is 0.462 e. The zero-order valence-corrected chi connectivity index (χ0v) is 23.8. The Bertz CT molecular complexity index is 1210. The number of azo groups is 1. The average Bonchev–Trinajstić information content (AvgIpc) is 2.89. The molecule has 0 aromatic heterocycles. The molecule has 2 unspecified atom stereocenters. The molecule has 0 saturated heterocycles. The zero-order valence-electron chi connectivity index (χ0n) is 23.8. The molecule has 2 aromatic rings. The molecule has 1 saturated carbocycles. The van der Waals surface area contributed by atoms with Crippen molar-refractivity contribution in [2.24, 2.45) is 21.1 Å². The number of hydrogen-bond acceptors (Lipinski definition) is 8. The van der Waals surface area contributed by atoms with E-state index in [0.29, 0.717) is 29.9 Å². The van der Waals surface area contributed by atoms with Crippen LogP contribution < -0.4 is 10.1 Å². The van der Waals surface area contributed by atoms with E-state index in [0.717, 1.165) is 18.5 Å². The van der Waals surface area contributed by atoms with Crippen LogP contribution in [0, 0.1) is 10.8 Å². The molecule has 214 valence electrons. The number of ether oxygens (including phenoxy) is 3. The summed E-state index contributed by atoms with van der Waals surface area (Å²) in [7, 11) is 0. The number of carbonyl (C=O) groups excluding carboxylic acids is 3. The second kappa shape index (κ2) is 13.9. The Balaban J connectivity index is 1.47. The van der Waals surface area contributed by atoms with Crippen molar-refractivity contribution >= 4 is 29.4 Å². The fourth-order valence-corrected chi connectivity index (χ4v) is 5.31. The van der Waals surface area contributed by atoms with Crippen LogP contribution in [-0.4, -0.2) is 37.3 Å². The van der Waals surface area contributed by atoms with Gasteiger partial charge < -0.3 is 19.5 Å². The highest BCUT2D eigenvalue weighted by atomic mass is 16.6. The van der Waals surface area contributed by atoms with Gasteiger partial charge >= 0.3 is 18.0 Å². The second-order valence-electron chi connectivity index (χ2n) is 11.5.